The molecule has 1 rings (SSSR count). The van der Waals surface area contributed by atoms with Crippen LogP contribution in [0.1, 0.15) is 0 Å². The van der Waals surface area contributed by atoms with Crippen LogP contribution in [0, 0.1) is 5.95 Å². The molecule has 0 N–H and O–H groups in total. The minimum absolute atomic E-state index is 0.130. The second-order valence-corrected chi connectivity index (χ2v) is 2.84. The van der Waals surface area contributed by atoms with Crippen molar-refractivity contribution in [1.29, 1.82) is 0 Å². The van der Waals surface area contributed by atoms with Gasteiger partial charge in [-0.2, -0.15) is 4.39 Å². The Hall–Kier alpha value is -0.0300. The first-order valence-corrected chi connectivity index (χ1v) is 3.62. The Morgan fingerprint density at radius 3 is 2.56 bits per heavy atom. The Morgan fingerprint density at radius 2 is 2.11 bits per heavy atom. The van der Waals surface area contributed by atoms with E-state index < -0.39 is 5.95 Å². The van der Waals surface area contributed by atoms with Gasteiger partial charge in [-0.1, -0.05) is 0 Å². The highest BCUT2D eigenvalue weighted by Crippen LogP contribution is 2.11. The van der Waals surface area contributed by atoms with Crippen molar-refractivity contribution in [3.8, 4) is 0 Å². The van der Waals surface area contributed by atoms with Crippen LogP contribution in [0.4, 0.5) is 4.39 Å². The summed E-state index contributed by atoms with van der Waals surface area (Å²) in [6.07, 6.45) is 1.41. The van der Waals surface area contributed by atoms with E-state index in [1.807, 2.05) is 0 Å². The first-order valence-electron chi connectivity index (χ1n) is 2.03. The fraction of sp³-hybridized carbons (Fsp3) is 0. The van der Waals surface area contributed by atoms with Crippen LogP contribution in [0.25, 0.3) is 0 Å². The predicted octanol–water partition coefficient (Wildman–Crippen LogP) is 2.14. The highest BCUT2D eigenvalue weighted by molar-refractivity contribution is 9.10. The third-order valence-electron chi connectivity index (χ3n) is 0.660. The molecule has 0 aliphatic rings. The lowest BCUT2D eigenvalue weighted by Gasteiger charge is -1.90. The summed E-state index contributed by atoms with van der Waals surface area (Å²) in [5, 5.41) is 0. The third-order valence-corrected chi connectivity index (χ3v) is 1.57. The van der Waals surface area contributed by atoms with Crippen LogP contribution in [-0.4, -0.2) is 9.97 Å². The average Bonchev–Trinajstić information content (AvgIpc) is 1.80. The van der Waals surface area contributed by atoms with Gasteiger partial charge in [-0.15, -0.1) is 0 Å². The molecular formula is C4HBr2FN2. The number of hydrogen-bond donors (Lipinski definition) is 0. The Kier molecular flexibility index (Phi) is 2.13. The maximum Gasteiger partial charge on any atom is 0.247 e. The van der Waals surface area contributed by atoms with Gasteiger partial charge in [0.1, 0.15) is 4.60 Å². The molecule has 2 nitrogen and oxygen atoms in total. The zero-order chi connectivity index (χ0) is 6.85. The number of halogens is 3. The van der Waals surface area contributed by atoms with Crippen molar-refractivity contribution in [2.24, 2.45) is 0 Å². The number of aromatic nitrogens is 2. The van der Waals surface area contributed by atoms with E-state index in [-0.39, 0.29) is 4.60 Å². The summed E-state index contributed by atoms with van der Waals surface area (Å²) >= 11 is 5.82. The monoisotopic (exact) mass is 254 g/mol. The van der Waals surface area contributed by atoms with Gasteiger partial charge in [0.2, 0.25) is 5.95 Å². The molecule has 0 saturated heterocycles. The van der Waals surface area contributed by atoms with E-state index in [1.54, 1.807) is 0 Å². The first-order chi connectivity index (χ1) is 4.20. The van der Waals surface area contributed by atoms with Crippen molar-refractivity contribution in [2.75, 3.05) is 0 Å². The molecule has 0 unspecified atom stereocenters. The minimum Gasteiger partial charge on any atom is -0.242 e. The molecule has 0 atom stereocenters. The Bertz CT molecular complexity index is 228. The largest absolute Gasteiger partial charge is 0.247 e. The molecule has 0 fully saturated rings. The summed E-state index contributed by atoms with van der Waals surface area (Å²) in [5.41, 5.74) is 0. The number of rotatable bonds is 0. The van der Waals surface area contributed by atoms with Gasteiger partial charge in [-0.3, -0.25) is 0 Å². The Balaban J connectivity index is 3.17. The van der Waals surface area contributed by atoms with E-state index in [9.17, 15) is 4.39 Å². The highest BCUT2D eigenvalue weighted by atomic mass is 79.9. The van der Waals surface area contributed by atoms with E-state index in [1.165, 1.54) is 6.20 Å². The lowest BCUT2D eigenvalue weighted by atomic mass is 10.7. The molecule has 0 aliphatic carbocycles. The zero-order valence-corrected chi connectivity index (χ0v) is 7.28. The average molecular weight is 256 g/mol. The maximum atomic E-state index is 12.3. The summed E-state index contributed by atoms with van der Waals surface area (Å²) in [6, 6.07) is 0. The van der Waals surface area contributed by atoms with Gasteiger partial charge in [0, 0.05) is 0 Å². The van der Waals surface area contributed by atoms with Crippen LogP contribution in [0.15, 0.2) is 15.4 Å². The molecule has 0 bridgehead atoms. The van der Waals surface area contributed by atoms with Crippen molar-refractivity contribution >= 4 is 31.9 Å². The number of nitrogens with zero attached hydrogens (tertiary/aromatic N) is 2. The van der Waals surface area contributed by atoms with Crippen LogP contribution in [0.2, 0.25) is 0 Å². The van der Waals surface area contributed by atoms with Crippen LogP contribution < -0.4 is 0 Å². The van der Waals surface area contributed by atoms with Gasteiger partial charge < -0.3 is 0 Å². The zero-order valence-electron chi connectivity index (χ0n) is 4.11. The fourth-order valence-electron chi connectivity index (χ4n) is 0.332. The quantitative estimate of drug-likeness (QED) is 0.710. The maximum absolute atomic E-state index is 12.3. The fourth-order valence-corrected chi connectivity index (χ4v) is 0.781. The van der Waals surface area contributed by atoms with Gasteiger partial charge in [-0.25, -0.2) is 9.97 Å². The van der Waals surface area contributed by atoms with Crippen LogP contribution in [-0.2, 0) is 0 Å². The molecule has 9 heavy (non-hydrogen) atoms. The third kappa shape index (κ3) is 1.69. The molecule has 1 aromatic heterocycles. The van der Waals surface area contributed by atoms with Gasteiger partial charge in [0.15, 0.2) is 4.60 Å². The van der Waals surface area contributed by atoms with E-state index in [0.29, 0.717) is 4.60 Å². The van der Waals surface area contributed by atoms with E-state index >= 15 is 0 Å². The van der Waals surface area contributed by atoms with Crippen LogP contribution in [0.5, 0.6) is 0 Å². The summed E-state index contributed by atoms with van der Waals surface area (Å²) in [5.74, 6) is -0.607. The summed E-state index contributed by atoms with van der Waals surface area (Å²) in [6.45, 7) is 0. The lowest BCUT2D eigenvalue weighted by molar-refractivity contribution is 0.564. The van der Waals surface area contributed by atoms with E-state index in [4.69, 9.17) is 0 Å². The number of hydrogen-bond acceptors (Lipinski definition) is 2. The van der Waals surface area contributed by atoms with Crippen LogP contribution in [0.3, 0.4) is 0 Å². The Labute approximate surface area is 67.8 Å². The second-order valence-electron chi connectivity index (χ2n) is 1.27. The molecule has 1 aromatic rings. The summed E-state index contributed by atoms with van der Waals surface area (Å²) in [4.78, 5) is 7.02. The standard InChI is InChI=1S/C4HBr2FN2/c5-2-1-8-3(6)4(7)9-2/h1H. The molecule has 48 valence electrons. The van der Waals surface area contributed by atoms with Gasteiger partial charge in [0.25, 0.3) is 0 Å². The molecule has 0 aromatic carbocycles. The van der Waals surface area contributed by atoms with E-state index in [2.05, 4.69) is 41.8 Å². The normalized spacial score (nSPS) is 9.67. The van der Waals surface area contributed by atoms with Gasteiger partial charge in [0.05, 0.1) is 6.20 Å². The van der Waals surface area contributed by atoms with Crippen molar-refractivity contribution < 1.29 is 4.39 Å². The van der Waals surface area contributed by atoms with E-state index in [0.717, 1.165) is 0 Å². The van der Waals surface area contributed by atoms with Crippen molar-refractivity contribution in [3.05, 3.63) is 21.4 Å². The molecule has 0 amide bonds. The molecule has 0 spiro atoms. The van der Waals surface area contributed by atoms with Gasteiger partial charge in [-0.05, 0) is 31.9 Å². The molecule has 0 radical (unpaired) electrons. The lowest BCUT2D eigenvalue weighted by Crippen LogP contribution is -1.87. The second kappa shape index (κ2) is 2.70. The van der Waals surface area contributed by atoms with Crippen molar-refractivity contribution in [3.63, 3.8) is 0 Å². The molecule has 1 heterocycles. The first kappa shape index (κ1) is 7.08. The Morgan fingerprint density at radius 1 is 1.44 bits per heavy atom. The summed E-state index contributed by atoms with van der Waals surface area (Å²) in [7, 11) is 0. The van der Waals surface area contributed by atoms with Crippen molar-refractivity contribution in [1.82, 2.24) is 9.97 Å². The van der Waals surface area contributed by atoms with Crippen molar-refractivity contribution in [2.45, 2.75) is 0 Å². The molecule has 5 heteroatoms. The highest BCUT2D eigenvalue weighted by Gasteiger charge is 1.99. The summed E-state index contributed by atoms with van der Waals surface area (Å²) < 4.78 is 12.9. The minimum atomic E-state index is -0.607. The van der Waals surface area contributed by atoms with Gasteiger partial charge >= 0.3 is 0 Å². The molecule has 0 aliphatic heterocycles. The smallest absolute Gasteiger partial charge is 0.242 e. The topological polar surface area (TPSA) is 25.8 Å². The van der Waals surface area contributed by atoms with Crippen LogP contribution >= 0.6 is 31.9 Å². The molecular weight excluding hydrogens is 255 g/mol. The molecule has 0 saturated carbocycles. The predicted molar refractivity (Wildman–Crippen MR) is 37.4 cm³/mol. The SMILES string of the molecule is Fc1nc(Br)cnc1Br.